The lowest BCUT2D eigenvalue weighted by atomic mass is 9.99. The van der Waals surface area contributed by atoms with Crippen LogP contribution < -0.4 is 20.5 Å². The van der Waals surface area contributed by atoms with E-state index in [4.69, 9.17) is 15.2 Å². The molecule has 2 unspecified atom stereocenters. The van der Waals surface area contributed by atoms with Gasteiger partial charge in [0, 0.05) is 11.0 Å². The molecule has 6 heteroatoms. The van der Waals surface area contributed by atoms with Crippen molar-refractivity contribution in [1.82, 2.24) is 5.32 Å². The van der Waals surface area contributed by atoms with Crippen molar-refractivity contribution < 1.29 is 14.3 Å². The van der Waals surface area contributed by atoms with E-state index in [1.165, 1.54) is 0 Å². The van der Waals surface area contributed by atoms with Crippen LogP contribution in [0.2, 0.25) is 0 Å². The maximum Gasteiger partial charge on any atom is 0.237 e. The van der Waals surface area contributed by atoms with Gasteiger partial charge in [0.25, 0.3) is 0 Å². The second-order valence-electron chi connectivity index (χ2n) is 4.93. The summed E-state index contributed by atoms with van der Waals surface area (Å²) in [7, 11) is 3.16. The van der Waals surface area contributed by atoms with E-state index in [1.54, 1.807) is 14.2 Å². The molecule has 0 spiro atoms. The SMILES string of the molecule is CCC(C)C(N)C(=O)NCc1cc(OC)c(OC)cc1Br. The number of benzene rings is 1. The van der Waals surface area contributed by atoms with Gasteiger partial charge in [0.05, 0.1) is 20.3 Å². The number of carbonyl (C=O) groups excluding carboxylic acids is 1. The molecule has 1 amide bonds. The lowest BCUT2D eigenvalue weighted by molar-refractivity contribution is -0.123. The topological polar surface area (TPSA) is 73.6 Å². The smallest absolute Gasteiger partial charge is 0.237 e. The Hall–Kier alpha value is -1.27. The summed E-state index contributed by atoms with van der Waals surface area (Å²) in [6.45, 7) is 4.36. The van der Waals surface area contributed by atoms with Crippen LogP contribution >= 0.6 is 15.9 Å². The maximum absolute atomic E-state index is 12.0. The molecular weight excluding hydrogens is 336 g/mol. The third kappa shape index (κ3) is 4.61. The van der Waals surface area contributed by atoms with Gasteiger partial charge in [-0.15, -0.1) is 0 Å². The van der Waals surface area contributed by atoms with Gasteiger partial charge in [-0.05, 0) is 23.6 Å². The van der Waals surface area contributed by atoms with E-state index >= 15 is 0 Å². The molecule has 0 aromatic heterocycles. The van der Waals surface area contributed by atoms with Crippen molar-refractivity contribution in [2.45, 2.75) is 32.9 Å². The molecule has 2 atom stereocenters. The molecule has 1 aromatic rings. The number of amides is 1. The van der Waals surface area contributed by atoms with E-state index in [0.29, 0.717) is 18.0 Å². The minimum Gasteiger partial charge on any atom is -0.493 e. The van der Waals surface area contributed by atoms with E-state index in [-0.39, 0.29) is 11.8 Å². The highest BCUT2D eigenvalue weighted by Gasteiger charge is 2.19. The summed E-state index contributed by atoms with van der Waals surface area (Å²) in [5.74, 6) is 1.26. The predicted octanol–water partition coefficient (Wildman–Crippen LogP) is 2.46. The van der Waals surface area contributed by atoms with Crippen molar-refractivity contribution in [3.05, 3.63) is 22.2 Å². The van der Waals surface area contributed by atoms with Crippen molar-refractivity contribution in [1.29, 1.82) is 0 Å². The normalized spacial score (nSPS) is 13.4. The average molecular weight is 359 g/mol. The van der Waals surface area contributed by atoms with E-state index in [1.807, 2.05) is 26.0 Å². The molecule has 0 aliphatic heterocycles. The molecule has 0 radical (unpaired) electrons. The standard InChI is InChI=1S/C15H23BrN2O3/c1-5-9(2)14(17)15(19)18-8-10-6-12(20-3)13(21-4)7-11(10)16/h6-7,9,14H,5,8,17H2,1-4H3,(H,18,19). The van der Waals surface area contributed by atoms with Crippen LogP contribution in [-0.4, -0.2) is 26.2 Å². The number of hydrogen-bond donors (Lipinski definition) is 2. The molecule has 118 valence electrons. The number of nitrogens with one attached hydrogen (secondary N) is 1. The Morgan fingerprint density at radius 2 is 1.90 bits per heavy atom. The molecule has 0 heterocycles. The van der Waals surface area contributed by atoms with E-state index in [2.05, 4.69) is 21.2 Å². The molecule has 1 rings (SSSR count). The molecule has 0 aliphatic rings. The van der Waals surface area contributed by atoms with Crippen molar-refractivity contribution in [3.8, 4) is 11.5 Å². The lowest BCUT2D eigenvalue weighted by Gasteiger charge is -2.18. The highest BCUT2D eigenvalue weighted by Crippen LogP contribution is 2.33. The summed E-state index contributed by atoms with van der Waals surface area (Å²) in [5.41, 5.74) is 6.81. The van der Waals surface area contributed by atoms with E-state index < -0.39 is 6.04 Å². The number of ether oxygens (including phenoxy) is 2. The van der Waals surface area contributed by atoms with Gasteiger partial charge in [0.15, 0.2) is 11.5 Å². The number of rotatable bonds is 7. The zero-order chi connectivity index (χ0) is 16.0. The molecule has 3 N–H and O–H groups in total. The zero-order valence-electron chi connectivity index (χ0n) is 12.9. The second kappa shape index (κ2) is 8.24. The first kappa shape index (κ1) is 17.8. The molecule has 0 saturated heterocycles. The molecule has 1 aromatic carbocycles. The fourth-order valence-electron chi connectivity index (χ4n) is 1.84. The number of carbonyl (C=O) groups is 1. The second-order valence-corrected chi connectivity index (χ2v) is 5.78. The average Bonchev–Trinajstić information content (AvgIpc) is 2.51. The van der Waals surface area contributed by atoms with Crippen molar-refractivity contribution in [2.75, 3.05) is 14.2 Å². The lowest BCUT2D eigenvalue weighted by Crippen LogP contribution is -2.44. The predicted molar refractivity (Wildman–Crippen MR) is 86.5 cm³/mol. The number of halogens is 1. The van der Waals surface area contributed by atoms with E-state index in [0.717, 1.165) is 16.5 Å². The molecule has 0 bridgehead atoms. The van der Waals surface area contributed by atoms with Gasteiger partial charge in [-0.2, -0.15) is 0 Å². The Labute approximate surface area is 134 Å². The summed E-state index contributed by atoms with van der Waals surface area (Å²) in [4.78, 5) is 12.0. The maximum atomic E-state index is 12.0. The van der Waals surface area contributed by atoms with Gasteiger partial charge in [-0.25, -0.2) is 0 Å². The van der Waals surface area contributed by atoms with Gasteiger partial charge in [0.2, 0.25) is 5.91 Å². The third-order valence-electron chi connectivity index (χ3n) is 3.57. The fraction of sp³-hybridized carbons (Fsp3) is 0.533. The summed E-state index contributed by atoms with van der Waals surface area (Å²) in [6, 6.07) is 3.15. The van der Waals surface area contributed by atoms with Crippen LogP contribution in [0, 0.1) is 5.92 Å². The first-order chi connectivity index (χ1) is 9.94. The van der Waals surface area contributed by atoms with Gasteiger partial charge in [0.1, 0.15) is 0 Å². The first-order valence-electron chi connectivity index (χ1n) is 6.88. The monoisotopic (exact) mass is 358 g/mol. The number of nitrogens with two attached hydrogens (primary N) is 1. The van der Waals surface area contributed by atoms with Crippen molar-refractivity contribution >= 4 is 21.8 Å². The fourth-order valence-corrected chi connectivity index (χ4v) is 2.31. The third-order valence-corrected chi connectivity index (χ3v) is 4.30. The van der Waals surface area contributed by atoms with Crippen LogP contribution in [0.25, 0.3) is 0 Å². The number of hydrogen-bond acceptors (Lipinski definition) is 4. The van der Waals surface area contributed by atoms with Crippen LogP contribution in [0.15, 0.2) is 16.6 Å². The van der Waals surface area contributed by atoms with Gasteiger partial charge >= 0.3 is 0 Å². The van der Waals surface area contributed by atoms with Gasteiger partial charge in [-0.3, -0.25) is 4.79 Å². The van der Waals surface area contributed by atoms with Crippen LogP contribution in [0.1, 0.15) is 25.8 Å². The largest absolute Gasteiger partial charge is 0.493 e. The highest BCUT2D eigenvalue weighted by atomic mass is 79.9. The Morgan fingerprint density at radius 1 is 1.33 bits per heavy atom. The Morgan fingerprint density at radius 3 is 2.43 bits per heavy atom. The summed E-state index contributed by atoms with van der Waals surface area (Å²) in [5, 5.41) is 2.85. The zero-order valence-corrected chi connectivity index (χ0v) is 14.5. The Balaban J connectivity index is 2.78. The van der Waals surface area contributed by atoms with Crippen molar-refractivity contribution in [3.63, 3.8) is 0 Å². The summed E-state index contributed by atoms with van der Waals surface area (Å²) >= 11 is 3.46. The molecule has 5 nitrogen and oxygen atoms in total. The molecule has 21 heavy (non-hydrogen) atoms. The Kier molecular flexibility index (Phi) is 6.98. The molecule has 0 fully saturated rings. The van der Waals surface area contributed by atoms with E-state index in [9.17, 15) is 4.79 Å². The minimum atomic E-state index is -0.492. The highest BCUT2D eigenvalue weighted by molar-refractivity contribution is 9.10. The quantitative estimate of drug-likeness (QED) is 0.784. The van der Waals surface area contributed by atoms with Crippen molar-refractivity contribution in [2.24, 2.45) is 11.7 Å². The Bertz CT molecular complexity index is 494. The minimum absolute atomic E-state index is 0.147. The molecule has 0 aliphatic carbocycles. The van der Waals surface area contributed by atoms with Gasteiger partial charge in [-0.1, -0.05) is 36.2 Å². The summed E-state index contributed by atoms with van der Waals surface area (Å²) in [6.07, 6.45) is 0.870. The van der Waals surface area contributed by atoms with Crippen LogP contribution in [0.5, 0.6) is 11.5 Å². The van der Waals surface area contributed by atoms with Gasteiger partial charge < -0.3 is 20.5 Å². The van der Waals surface area contributed by atoms with Crippen LogP contribution in [0.4, 0.5) is 0 Å². The summed E-state index contributed by atoms with van der Waals surface area (Å²) < 4.78 is 11.3. The first-order valence-corrected chi connectivity index (χ1v) is 7.67. The molecule has 0 saturated carbocycles. The van der Waals surface area contributed by atoms with Crippen LogP contribution in [0.3, 0.4) is 0 Å². The molecular formula is C15H23BrN2O3. The number of methoxy groups -OCH3 is 2. The van der Waals surface area contributed by atoms with Crippen LogP contribution in [-0.2, 0) is 11.3 Å².